The lowest BCUT2D eigenvalue weighted by Crippen LogP contribution is -2.33. The topological polar surface area (TPSA) is 0 Å². The van der Waals surface area contributed by atoms with Crippen LogP contribution in [0.15, 0.2) is 24.3 Å². The summed E-state index contributed by atoms with van der Waals surface area (Å²) in [6, 6.07) is 9.68. The Bertz CT molecular complexity index is 1130. The molecule has 0 nitrogen and oxygen atoms in total. The standard InChI is InChI=1S/C39H64/c1-25(30-27(34(2,3)4)21-20-22-28(30)35(5,6)7)23-26-24-29(36(8,9)10)32(38(14,15)16)33(39(17,18)19)31(26)37(11,12)13/h20-22,24-25H,23H2,1-19H3. The first-order valence-corrected chi connectivity index (χ1v) is 15.4. The molecule has 2 aromatic rings. The van der Waals surface area contributed by atoms with Crippen LogP contribution in [0.5, 0.6) is 0 Å². The van der Waals surface area contributed by atoms with Crippen molar-refractivity contribution in [1.82, 2.24) is 0 Å². The van der Waals surface area contributed by atoms with E-state index in [1.54, 1.807) is 27.8 Å². The Labute approximate surface area is 244 Å². The van der Waals surface area contributed by atoms with Crippen molar-refractivity contribution in [2.45, 2.75) is 176 Å². The summed E-state index contributed by atoms with van der Waals surface area (Å²) < 4.78 is 0. The molecule has 2 rings (SSSR count). The van der Waals surface area contributed by atoms with Crippen LogP contribution >= 0.6 is 0 Å². The van der Waals surface area contributed by atoms with Crippen LogP contribution in [-0.2, 0) is 38.9 Å². The van der Waals surface area contributed by atoms with Gasteiger partial charge in [0.05, 0.1) is 0 Å². The van der Waals surface area contributed by atoms with Crippen molar-refractivity contribution < 1.29 is 0 Å². The van der Waals surface area contributed by atoms with Gasteiger partial charge in [0.1, 0.15) is 0 Å². The second-order valence-electron chi connectivity index (χ2n) is 18.6. The van der Waals surface area contributed by atoms with Gasteiger partial charge in [-0.1, -0.05) is 156 Å². The highest BCUT2D eigenvalue weighted by molar-refractivity contribution is 5.57. The number of hydrogen-bond acceptors (Lipinski definition) is 0. The Morgan fingerprint density at radius 2 is 0.821 bits per heavy atom. The SMILES string of the molecule is CC(Cc1cc(C(C)(C)C)c(C(C)(C)C)c(C(C)(C)C)c1C(C)(C)C)c1c(C(C)(C)C)cccc1C(C)(C)C. The molecular formula is C39H64. The predicted octanol–water partition coefficient (Wildman–Crippen LogP) is 11.8. The predicted molar refractivity (Wildman–Crippen MR) is 177 cm³/mol. The van der Waals surface area contributed by atoms with Crippen molar-refractivity contribution in [3.05, 3.63) is 68.8 Å². The number of benzene rings is 2. The van der Waals surface area contributed by atoms with Crippen LogP contribution in [0.4, 0.5) is 0 Å². The molecule has 1 atom stereocenters. The molecule has 0 radical (unpaired) electrons. The highest BCUT2D eigenvalue weighted by Gasteiger charge is 2.38. The first kappa shape index (κ1) is 33.6. The van der Waals surface area contributed by atoms with Crippen LogP contribution < -0.4 is 0 Å². The van der Waals surface area contributed by atoms with Crippen molar-refractivity contribution in [3.63, 3.8) is 0 Å². The second kappa shape index (κ2) is 10.4. The van der Waals surface area contributed by atoms with E-state index in [2.05, 4.69) is 156 Å². The minimum atomic E-state index is 0.0460. The third-order valence-corrected chi connectivity index (χ3v) is 8.21. The van der Waals surface area contributed by atoms with Gasteiger partial charge in [0.15, 0.2) is 0 Å². The molecule has 0 fully saturated rings. The van der Waals surface area contributed by atoms with Crippen molar-refractivity contribution in [2.24, 2.45) is 0 Å². The first-order valence-electron chi connectivity index (χ1n) is 15.4. The molecule has 39 heavy (non-hydrogen) atoms. The van der Waals surface area contributed by atoms with Crippen molar-refractivity contribution >= 4 is 0 Å². The Morgan fingerprint density at radius 3 is 1.13 bits per heavy atom. The number of rotatable bonds is 3. The van der Waals surface area contributed by atoms with Gasteiger partial charge in [0, 0.05) is 0 Å². The van der Waals surface area contributed by atoms with E-state index in [1.165, 1.54) is 16.7 Å². The Balaban J connectivity index is 3.08. The van der Waals surface area contributed by atoms with E-state index in [0.717, 1.165) is 6.42 Å². The van der Waals surface area contributed by atoms with Gasteiger partial charge in [-0.2, -0.15) is 0 Å². The lowest BCUT2D eigenvalue weighted by atomic mass is 9.62. The van der Waals surface area contributed by atoms with Gasteiger partial charge in [-0.05, 0) is 89.3 Å². The third kappa shape index (κ3) is 7.40. The van der Waals surface area contributed by atoms with Gasteiger partial charge in [-0.25, -0.2) is 0 Å². The monoisotopic (exact) mass is 533 g/mol. The second-order valence-corrected chi connectivity index (χ2v) is 18.6. The van der Waals surface area contributed by atoms with Gasteiger partial charge in [-0.15, -0.1) is 0 Å². The Hall–Kier alpha value is -1.56. The molecule has 0 saturated heterocycles. The van der Waals surface area contributed by atoms with E-state index < -0.39 is 0 Å². The van der Waals surface area contributed by atoms with E-state index in [0.29, 0.717) is 5.92 Å². The highest BCUT2D eigenvalue weighted by Crippen LogP contribution is 2.48. The maximum atomic E-state index is 2.63. The molecule has 0 aliphatic carbocycles. The van der Waals surface area contributed by atoms with E-state index in [4.69, 9.17) is 0 Å². The summed E-state index contributed by atoms with van der Waals surface area (Å²) in [5, 5.41) is 0. The largest absolute Gasteiger partial charge is 0.0617 e. The molecule has 0 saturated carbocycles. The van der Waals surface area contributed by atoms with Crippen LogP contribution in [0.3, 0.4) is 0 Å². The molecule has 0 heteroatoms. The maximum absolute atomic E-state index is 2.63. The van der Waals surface area contributed by atoms with Gasteiger partial charge in [-0.3, -0.25) is 0 Å². The quantitative estimate of drug-likeness (QED) is 0.369. The van der Waals surface area contributed by atoms with E-state index >= 15 is 0 Å². The summed E-state index contributed by atoms with van der Waals surface area (Å²) in [4.78, 5) is 0. The van der Waals surface area contributed by atoms with Crippen LogP contribution in [0.1, 0.15) is 182 Å². The summed E-state index contributed by atoms with van der Waals surface area (Å²) in [7, 11) is 0. The third-order valence-electron chi connectivity index (χ3n) is 8.21. The first-order chi connectivity index (χ1) is 17.1. The summed E-state index contributed by atoms with van der Waals surface area (Å²) in [6.07, 6.45) is 1.05. The molecule has 0 spiro atoms. The summed E-state index contributed by atoms with van der Waals surface area (Å²) in [5.74, 6) is 0.414. The fourth-order valence-corrected chi connectivity index (χ4v) is 6.71. The molecule has 0 N–H and O–H groups in total. The average molecular weight is 533 g/mol. The van der Waals surface area contributed by atoms with Gasteiger partial charge < -0.3 is 0 Å². The van der Waals surface area contributed by atoms with Crippen LogP contribution in [0.25, 0.3) is 0 Å². The average Bonchev–Trinajstić information content (AvgIpc) is 2.67. The maximum Gasteiger partial charge on any atom is -0.0126 e. The fourth-order valence-electron chi connectivity index (χ4n) is 6.71. The Kier molecular flexibility index (Phi) is 8.94. The molecule has 0 bridgehead atoms. The summed E-state index contributed by atoms with van der Waals surface area (Å²) in [5.41, 5.74) is 12.8. The normalized spacial score (nSPS) is 15.1. The molecule has 220 valence electrons. The summed E-state index contributed by atoms with van der Waals surface area (Å²) in [6.45, 7) is 45.8. The minimum Gasteiger partial charge on any atom is -0.0617 e. The summed E-state index contributed by atoms with van der Waals surface area (Å²) >= 11 is 0. The van der Waals surface area contributed by atoms with Crippen molar-refractivity contribution in [2.75, 3.05) is 0 Å². The molecule has 2 aromatic carbocycles. The fraction of sp³-hybridized carbons (Fsp3) is 0.692. The smallest absolute Gasteiger partial charge is 0.0126 e. The van der Waals surface area contributed by atoms with Gasteiger partial charge >= 0.3 is 0 Å². The van der Waals surface area contributed by atoms with E-state index in [9.17, 15) is 0 Å². The van der Waals surface area contributed by atoms with Gasteiger partial charge in [0.2, 0.25) is 0 Å². The zero-order chi connectivity index (χ0) is 30.7. The van der Waals surface area contributed by atoms with E-state index in [-0.39, 0.29) is 32.5 Å². The lowest BCUT2D eigenvalue weighted by Gasteiger charge is -2.42. The lowest BCUT2D eigenvalue weighted by molar-refractivity contribution is 0.471. The minimum absolute atomic E-state index is 0.0460. The van der Waals surface area contributed by atoms with Crippen LogP contribution in [-0.4, -0.2) is 0 Å². The Morgan fingerprint density at radius 1 is 0.462 bits per heavy atom. The zero-order valence-electron chi connectivity index (χ0n) is 29.6. The van der Waals surface area contributed by atoms with E-state index in [1.807, 2.05) is 0 Å². The van der Waals surface area contributed by atoms with Crippen molar-refractivity contribution in [1.29, 1.82) is 0 Å². The molecule has 0 heterocycles. The van der Waals surface area contributed by atoms with Gasteiger partial charge in [0.25, 0.3) is 0 Å². The molecule has 0 aromatic heterocycles. The van der Waals surface area contributed by atoms with Crippen LogP contribution in [0, 0.1) is 0 Å². The highest BCUT2D eigenvalue weighted by atomic mass is 14.4. The van der Waals surface area contributed by atoms with Crippen molar-refractivity contribution in [3.8, 4) is 0 Å². The molecule has 0 amide bonds. The number of hydrogen-bond donors (Lipinski definition) is 0. The molecular weight excluding hydrogens is 468 g/mol. The zero-order valence-corrected chi connectivity index (χ0v) is 29.6. The van der Waals surface area contributed by atoms with Crippen LogP contribution in [0.2, 0.25) is 0 Å². The molecule has 0 aliphatic rings. The molecule has 1 unspecified atom stereocenters. The molecule has 0 aliphatic heterocycles.